The molecule has 1 atom stereocenters. The molecule has 0 saturated carbocycles. The first-order chi connectivity index (χ1) is 9.20. The molecule has 0 amide bonds. The fraction of sp³-hybridized carbons (Fsp3) is 0.643. The molecule has 0 aliphatic carbocycles. The van der Waals surface area contributed by atoms with Crippen molar-refractivity contribution in [3.8, 4) is 0 Å². The highest BCUT2D eigenvalue weighted by atomic mass is 35.5. The molecule has 19 heavy (non-hydrogen) atoms. The van der Waals surface area contributed by atoms with E-state index in [4.69, 9.17) is 11.6 Å². The minimum Gasteiger partial charge on any atom is -0.382 e. The number of pyridine rings is 1. The van der Waals surface area contributed by atoms with Gasteiger partial charge < -0.3 is 10.2 Å². The first-order valence-electron chi connectivity index (χ1n) is 7.00. The fourth-order valence-corrected chi connectivity index (χ4v) is 2.61. The second-order valence-electron chi connectivity index (χ2n) is 5.06. The Balaban J connectivity index is 1.79. The SMILES string of the molecule is CCN1CCN(C(C)CNc2ccncc2Cl)CC1. The quantitative estimate of drug-likeness (QED) is 0.897. The van der Waals surface area contributed by atoms with Crippen molar-refractivity contribution < 1.29 is 0 Å². The predicted octanol–water partition coefficient (Wildman–Crippen LogP) is 2.17. The van der Waals surface area contributed by atoms with Crippen LogP contribution in [-0.4, -0.2) is 60.1 Å². The van der Waals surface area contributed by atoms with Gasteiger partial charge in [-0.05, 0) is 19.5 Å². The van der Waals surface area contributed by atoms with E-state index in [1.807, 2.05) is 6.07 Å². The van der Waals surface area contributed by atoms with Crippen LogP contribution in [-0.2, 0) is 0 Å². The molecule has 1 unspecified atom stereocenters. The Hall–Kier alpha value is -0.840. The molecule has 1 aliphatic heterocycles. The van der Waals surface area contributed by atoms with Gasteiger partial charge in [0.05, 0.1) is 10.7 Å². The Morgan fingerprint density at radius 2 is 2.11 bits per heavy atom. The summed E-state index contributed by atoms with van der Waals surface area (Å²) < 4.78 is 0. The van der Waals surface area contributed by atoms with E-state index in [2.05, 4.69) is 33.9 Å². The Bertz CT molecular complexity index is 391. The second-order valence-corrected chi connectivity index (χ2v) is 5.46. The van der Waals surface area contributed by atoms with Gasteiger partial charge in [0.15, 0.2) is 0 Å². The summed E-state index contributed by atoms with van der Waals surface area (Å²) in [6.45, 7) is 11.2. The lowest BCUT2D eigenvalue weighted by atomic mass is 10.2. The zero-order chi connectivity index (χ0) is 13.7. The summed E-state index contributed by atoms with van der Waals surface area (Å²) in [6.07, 6.45) is 3.44. The minimum atomic E-state index is 0.517. The van der Waals surface area contributed by atoms with E-state index in [0.29, 0.717) is 11.1 Å². The summed E-state index contributed by atoms with van der Waals surface area (Å²) in [4.78, 5) is 9.02. The Labute approximate surface area is 120 Å². The molecule has 0 aromatic carbocycles. The first kappa shape index (κ1) is 14.6. The third kappa shape index (κ3) is 4.06. The number of likely N-dealkylation sites (N-methyl/N-ethyl adjacent to an activating group) is 1. The van der Waals surface area contributed by atoms with Gasteiger partial charge in [0, 0.05) is 51.2 Å². The smallest absolute Gasteiger partial charge is 0.0820 e. The van der Waals surface area contributed by atoms with Crippen LogP contribution in [0.15, 0.2) is 18.5 Å². The maximum atomic E-state index is 6.09. The third-order valence-corrected chi connectivity index (χ3v) is 4.14. The van der Waals surface area contributed by atoms with Crippen LogP contribution in [0.3, 0.4) is 0 Å². The lowest BCUT2D eigenvalue weighted by Gasteiger charge is -2.37. The van der Waals surface area contributed by atoms with E-state index in [0.717, 1.165) is 31.9 Å². The van der Waals surface area contributed by atoms with Gasteiger partial charge in [-0.3, -0.25) is 9.88 Å². The Morgan fingerprint density at radius 1 is 1.37 bits per heavy atom. The third-order valence-electron chi connectivity index (χ3n) is 3.84. The van der Waals surface area contributed by atoms with Crippen LogP contribution in [0.5, 0.6) is 0 Å². The van der Waals surface area contributed by atoms with Crippen LogP contribution in [0, 0.1) is 0 Å². The van der Waals surface area contributed by atoms with Gasteiger partial charge >= 0.3 is 0 Å². The number of nitrogens with one attached hydrogen (secondary N) is 1. The van der Waals surface area contributed by atoms with Gasteiger partial charge in [0.25, 0.3) is 0 Å². The molecule has 0 radical (unpaired) electrons. The van der Waals surface area contributed by atoms with Gasteiger partial charge in [0.1, 0.15) is 0 Å². The molecule has 1 N–H and O–H groups in total. The number of halogens is 1. The molecule has 106 valence electrons. The van der Waals surface area contributed by atoms with Gasteiger partial charge in [-0.1, -0.05) is 18.5 Å². The van der Waals surface area contributed by atoms with Gasteiger partial charge in [0.2, 0.25) is 0 Å². The molecule has 4 nitrogen and oxygen atoms in total. The van der Waals surface area contributed by atoms with Crippen molar-refractivity contribution in [1.29, 1.82) is 0 Å². The molecular weight excluding hydrogens is 260 g/mol. The number of anilines is 1. The summed E-state index contributed by atoms with van der Waals surface area (Å²) in [5.74, 6) is 0. The van der Waals surface area contributed by atoms with Crippen molar-refractivity contribution in [3.05, 3.63) is 23.5 Å². The van der Waals surface area contributed by atoms with E-state index >= 15 is 0 Å². The summed E-state index contributed by atoms with van der Waals surface area (Å²) in [7, 11) is 0. The zero-order valence-corrected chi connectivity index (χ0v) is 12.5. The molecule has 0 spiro atoms. The fourth-order valence-electron chi connectivity index (χ4n) is 2.43. The lowest BCUT2D eigenvalue weighted by Crippen LogP contribution is -2.51. The summed E-state index contributed by atoms with van der Waals surface area (Å²) in [6, 6.07) is 2.44. The standard InChI is InChI=1S/C14H23ClN4/c1-3-18-6-8-19(9-7-18)12(2)10-17-14-4-5-16-11-13(14)15/h4-5,11-12H,3,6-10H2,1-2H3,(H,16,17). The average molecular weight is 283 g/mol. The van der Waals surface area contributed by atoms with Crippen molar-refractivity contribution in [2.45, 2.75) is 19.9 Å². The number of rotatable bonds is 5. The van der Waals surface area contributed by atoms with E-state index in [-0.39, 0.29) is 0 Å². The average Bonchev–Trinajstić information content (AvgIpc) is 2.46. The van der Waals surface area contributed by atoms with E-state index in [9.17, 15) is 0 Å². The maximum Gasteiger partial charge on any atom is 0.0820 e. The van der Waals surface area contributed by atoms with Crippen molar-refractivity contribution >= 4 is 17.3 Å². The molecule has 0 bridgehead atoms. The van der Waals surface area contributed by atoms with Gasteiger partial charge in [-0.15, -0.1) is 0 Å². The molecule has 1 fully saturated rings. The highest BCUT2D eigenvalue weighted by Crippen LogP contribution is 2.19. The summed E-state index contributed by atoms with van der Waals surface area (Å²) >= 11 is 6.09. The molecule has 2 heterocycles. The number of nitrogens with zero attached hydrogens (tertiary/aromatic N) is 3. The highest BCUT2D eigenvalue weighted by Gasteiger charge is 2.19. The van der Waals surface area contributed by atoms with Crippen LogP contribution in [0.1, 0.15) is 13.8 Å². The van der Waals surface area contributed by atoms with Crippen molar-refractivity contribution in [2.75, 3.05) is 44.6 Å². The highest BCUT2D eigenvalue weighted by molar-refractivity contribution is 6.33. The first-order valence-corrected chi connectivity index (χ1v) is 7.38. The second kappa shape index (κ2) is 7.08. The molecule has 2 rings (SSSR count). The molecule has 1 aliphatic rings. The zero-order valence-electron chi connectivity index (χ0n) is 11.8. The molecular formula is C14H23ClN4. The molecule has 1 aromatic rings. The lowest BCUT2D eigenvalue weighted by molar-refractivity contribution is 0.110. The van der Waals surface area contributed by atoms with Crippen molar-refractivity contribution in [3.63, 3.8) is 0 Å². The number of aromatic nitrogens is 1. The van der Waals surface area contributed by atoms with Crippen LogP contribution in [0.4, 0.5) is 5.69 Å². The molecule has 1 saturated heterocycles. The van der Waals surface area contributed by atoms with E-state index in [1.165, 1.54) is 13.1 Å². The Kier molecular flexibility index (Phi) is 5.43. The van der Waals surface area contributed by atoms with Crippen molar-refractivity contribution in [1.82, 2.24) is 14.8 Å². The van der Waals surface area contributed by atoms with Gasteiger partial charge in [-0.25, -0.2) is 0 Å². The minimum absolute atomic E-state index is 0.517. The summed E-state index contributed by atoms with van der Waals surface area (Å²) in [5, 5.41) is 4.09. The molecule has 1 aromatic heterocycles. The van der Waals surface area contributed by atoms with Crippen molar-refractivity contribution in [2.24, 2.45) is 0 Å². The monoisotopic (exact) mass is 282 g/mol. The normalized spacial score (nSPS) is 19.3. The largest absolute Gasteiger partial charge is 0.382 e. The topological polar surface area (TPSA) is 31.4 Å². The number of hydrogen-bond acceptors (Lipinski definition) is 4. The van der Waals surface area contributed by atoms with Gasteiger partial charge in [-0.2, -0.15) is 0 Å². The number of hydrogen-bond donors (Lipinski definition) is 1. The molecule has 5 heteroatoms. The number of piperazine rings is 1. The van der Waals surface area contributed by atoms with Crippen LogP contribution >= 0.6 is 11.6 Å². The van der Waals surface area contributed by atoms with E-state index in [1.54, 1.807) is 12.4 Å². The van der Waals surface area contributed by atoms with Crippen LogP contribution < -0.4 is 5.32 Å². The predicted molar refractivity (Wildman–Crippen MR) is 80.9 cm³/mol. The van der Waals surface area contributed by atoms with Crippen LogP contribution in [0.2, 0.25) is 5.02 Å². The maximum absolute atomic E-state index is 6.09. The van der Waals surface area contributed by atoms with Crippen LogP contribution in [0.25, 0.3) is 0 Å². The van der Waals surface area contributed by atoms with E-state index < -0.39 is 0 Å². The Morgan fingerprint density at radius 3 is 2.74 bits per heavy atom. The summed E-state index contributed by atoms with van der Waals surface area (Å²) in [5.41, 5.74) is 0.968.